The summed E-state index contributed by atoms with van der Waals surface area (Å²) in [6.45, 7) is 0. The van der Waals surface area contributed by atoms with E-state index in [4.69, 9.17) is 0 Å². The Labute approximate surface area is 93.1 Å². The Bertz CT molecular complexity index is 453. The van der Waals surface area contributed by atoms with Crippen LogP contribution in [0.4, 0.5) is 0 Å². The molecule has 16 heavy (non-hydrogen) atoms. The second-order valence-electron chi connectivity index (χ2n) is 4.27. The molecule has 0 atom stereocenters. The lowest BCUT2D eigenvalue weighted by atomic mass is 9.88. The van der Waals surface area contributed by atoms with E-state index in [-0.39, 0.29) is 5.91 Å². The average Bonchev–Trinajstić information content (AvgIpc) is 2.79. The van der Waals surface area contributed by atoms with Crippen molar-refractivity contribution >= 4 is 29.6 Å². The summed E-state index contributed by atoms with van der Waals surface area (Å²) in [4.78, 5) is 27.8. The van der Waals surface area contributed by atoms with Crippen molar-refractivity contribution in [2.75, 3.05) is 0 Å². The van der Waals surface area contributed by atoms with Crippen molar-refractivity contribution in [1.82, 2.24) is 0 Å². The maximum atomic E-state index is 11.6. The summed E-state index contributed by atoms with van der Waals surface area (Å²) in [6.07, 6.45) is 7.21. The van der Waals surface area contributed by atoms with Crippen LogP contribution < -0.4 is 0 Å². The third-order valence-corrected chi connectivity index (χ3v) is 3.19. The normalized spacial score (nSPS) is 25.0. The van der Waals surface area contributed by atoms with E-state index in [1.165, 1.54) is 25.6 Å². The van der Waals surface area contributed by atoms with E-state index in [9.17, 15) is 4.79 Å². The summed E-state index contributed by atoms with van der Waals surface area (Å²) in [5, 5.41) is 0. The number of amides is 1. The standard InChI is InChI=1S/C11H12N4O/c16-11-8-10(13-6-12-8)14-9(15-11)7-4-2-1-3-5-7/h6-7H,1-5H2. The molecule has 3 rings (SSSR count). The van der Waals surface area contributed by atoms with E-state index in [0.717, 1.165) is 12.8 Å². The highest BCUT2D eigenvalue weighted by Crippen LogP contribution is 2.26. The van der Waals surface area contributed by atoms with Crippen LogP contribution in [0.5, 0.6) is 0 Å². The van der Waals surface area contributed by atoms with E-state index < -0.39 is 0 Å². The van der Waals surface area contributed by atoms with Crippen LogP contribution in [-0.2, 0) is 4.79 Å². The van der Waals surface area contributed by atoms with Crippen molar-refractivity contribution in [3.05, 3.63) is 0 Å². The van der Waals surface area contributed by atoms with Gasteiger partial charge in [0.05, 0.1) is 0 Å². The van der Waals surface area contributed by atoms with E-state index >= 15 is 0 Å². The maximum absolute atomic E-state index is 11.6. The molecule has 0 aromatic rings. The van der Waals surface area contributed by atoms with Gasteiger partial charge in [-0.1, -0.05) is 19.3 Å². The number of carbonyl (C=O) groups is 1. The first-order valence-corrected chi connectivity index (χ1v) is 5.67. The largest absolute Gasteiger partial charge is 0.301 e. The molecular formula is C11H12N4O. The Hall–Kier alpha value is -1.65. The van der Waals surface area contributed by atoms with E-state index in [2.05, 4.69) is 20.0 Å². The van der Waals surface area contributed by atoms with Crippen LogP contribution in [0.25, 0.3) is 0 Å². The quantitative estimate of drug-likeness (QED) is 0.653. The molecule has 2 aliphatic heterocycles. The highest BCUT2D eigenvalue weighted by atomic mass is 16.1. The molecule has 5 nitrogen and oxygen atoms in total. The van der Waals surface area contributed by atoms with Crippen LogP contribution in [0.1, 0.15) is 32.1 Å². The number of aliphatic imine (C=N–C) groups is 4. The summed E-state index contributed by atoms with van der Waals surface area (Å²) in [7, 11) is 0. The van der Waals surface area contributed by atoms with Crippen molar-refractivity contribution in [3.63, 3.8) is 0 Å². The molecule has 0 saturated heterocycles. The monoisotopic (exact) mass is 216 g/mol. The van der Waals surface area contributed by atoms with Gasteiger partial charge in [0.1, 0.15) is 12.2 Å². The van der Waals surface area contributed by atoms with Gasteiger partial charge in [-0.3, -0.25) is 4.79 Å². The van der Waals surface area contributed by atoms with Gasteiger partial charge in [0, 0.05) is 5.92 Å². The number of amidine groups is 2. The Balaban J connectivity index is 1.89. The van der Waals surface area contributed by atoms with Gasteiger partial charge in [-0.25, -0.2) is 15.0 Å². The van der Waals surface area contributed by atoms with Gasteiger partial charge in [-0.15, -0.1) is 0 Å². The number of hydrogen-bond acceptors (Lipinski definition) is 4. The molecule has 2 heterocycles. The van der Waals surface area contributed by atoms with E-state index in [1.54, 1.807) is 0 Å². The molecule has 1 amide bonds. The molecule has 0 radical (unpaired) electrons. The van der Waals surface area contributed by atoms with Crippen LogP contribution >= 0.6 is 0 Å². The maximum Gasteiger partial charge on any atom is 0.301 e. The lowest BCUT2D eigenvalue weighted by molar-refractivity contribution is -0.111. The zero-order chi connectivity index (χ0) is 11.0. The lowest BCUT2D eigenvalue weighted by Gasteiger charge is -2.22. The lowest BCUT2D eigenvalue weighted by Crippen LogP contribution is -2.29. The number of rotatable bonds is 1. The summed E-state index contributed by atoms with van der Waals surface area (Å²) < 4.78 is 0. The summed E-state index contributed by atoms with van der Waals surface area (Å²) >= 11 is 0. The first kappa shape index (κ1) is 9.57. The van der Waals surface area contributed by atoms with Crippen LogP contribution in [0.3, 0.4) is 0 Å². The molecule has 1 aliphatic carbocycles. The third kappa shape index (κ3) is 1.52. The predicted octanol–water partition coefficient (Wildman–Crippen LogP) is 1.39. The van der Waals surface area contributed by atoms with Crippen molar-refractivity contribution in [2.45, 2.75) is 32.1 Å². The smallest absolute Gasteiger partial charge is 0.265 e. The average molecular weight is 216 g/mol. The number of nitrogens with zero attached hydrogens (tertiary/aromatic N) is 4. The third-order valence-electron chi connectivity index (χ3n) is 3.19. The molecular weight excluding hydrogens is 204 g/mol. The highest BCUT2D eigenvalue weighted by Gasteiger charge is 2.29. The molecule has 0 spiro atoms. The SMILES string of the molecule is O=C1N=C(C2CCCCC2)N=C2N=CN=C12. The fourth-order valence-electron chi connectivity index (χ4n) is 2.33. The van der Waals surface area contributed by atoms with Crippen molar-refractivity contribution in [3.8, 4) is 0 Å². The summed E-state index contributed by atoms with van der Waals surface area (Å²) in [5.74, 6) is 1.16. The zero-order valence-corrected chi connectivity index (χ0v) is 8.89. The first-order chi connectivity index (χ1) is 7.84. The Morgan fingerprint density at radius 1 is 1.12 bits per heavy atom. The van der Waals surface area contributed by atoms with Crippen molar-refractivity contribution in [2.24, 2.45) is 25.9 Å². The Morgan fingerprint density at radius 2 is 1.94 bits per heavy atom. The molecule has 3 aliphatic rings. The van der Waals surface area contributed by atoms with Crippen LogP contribution in [0, 0.1) is 5.92 Å². The minimum Gasteiger partial charge on any atom is -0.265 e. The summed E-state index contributed by atoms with van der Waals surface area (Å²) in [5.41, 5.74) is 0.291. The topological polar surface area (TPSA) is 66.5 Å². The molecule has 0 aromatic heterocycles. The van der Waals surface area contributed by atoms with Gasteiger partial charge in [0.15, 0.2) is 11.5 Å². The minimum absolute atomic E-state index is 0.289. The summed E-state index contributed by atoms with van der Waals surface area (Å²) in [6, 6.07) is 0. The number of carbonyl (C=O) groups excluding carboxylic acids is 1. The highest BCUT2D eigenvalue weighted by molar-refractivity contribution is 6.71. The fraction of sp³-hybridized carbons (Fsp3) is 0.545. The zero-order valence-electron chi connectivity index (χ0n) is 8.89. The van der Waals surface area contributed by atoms with E-state index in [1.807, 2.05) is 0 Å². The van der Waals surface area contributed by atoms with Gasteiger partial charge < -0.3 is 0 Å². The van der Waals surface area contributed by atoms with Crippen molar-refractivity contribution < 1.29 is 4.79 Å². The number of fused-ring (bicyclic) bond motifs is 1. The molecule has 1 saturated carbocycles. The molecule has 0 bridgehead atoms. The van der Waals surface area contributed by atoms with Crippen molar-refractivity contribution in [1.29, 1.82) is 0 Å². The van der Waals surface area contributed by atoms with Gasteiger partial charge in [-0.05, 0) is 12.8 Å². The van der Waals surface area contributed by atoms with Crippen LogP contribution in [-0.4, -0.2) is 29.6 Å². The van der Waals surface area contributed by atoms with Gasteiger partial charge in [-0.2, -0.15) is 4.99 Å². The molecule has 82 valence electrons. The predicted molar refractivity (Wildman–Crippen MR) is 62.4 cm³/mol. The van der Waals surface area contributed by atoms with E-state index in [0.29, 0.717) is 23.3 Å². The van der Waals surface area contributed by atoms with Gasteiger partial charge in [0.25, 0.3) is 0 Å². The first-order valence-electron chi connectivity index (χ1n) is 5.67. The molecule has 1 fully saturated rings. The van der Waals surface area contributed by atoms with Gasteiger partial charge in [0.2, 0.25) is 0 Å². The Kier molecular flexibility index (Phi) is 2.23. The molecule has 0 unspecified atom stereocenters. The molecule has 0 N–H and O–H groups in total. The second kappa shape index (κ2) is 3.73. The molecule has 0 aromatic carbocycles. The fourth-order valence-corrected chi connectivity index (χ4v) is 2.33. The minimum atomic E-state index is -0.289. The van der Waals surface area contributed by atoms with Crippen LogP contribution in [0.2, 0.25) is 0 Å². The number of hydrogen-bond donors (Lipinski definition) is 0. The molecule has 5 heteroatoms. The second-order valence-corrected chi connectivity index (χ2v) is 4.27. The van der Waals surface area contributed by atoms with Gasteiger partial charge >= 0.3 is 5.91 Å². The Morgan fingerprint density at radius 3 is 2.75 bits per heavy atom. The van der Waals surface area contributed by atoms with Crippen LogP contribution in [0.15, 0.2) is 20.0 Å².